The van der Waals surface area contributed by atoms with Crippen molar-refractivity contribution in [2.75, 3.05) is 6.54 Å². The van der Waals surface area contributed by atoms with E-state index in [4.69, 9.17) is 5.73 Å². The van der Waals surface area contributed by atoms with Gasteiger partial charge in [0.1, 0.15) is 0 Å². The van der Waals surface area contributed by atoms with Crippen LogP contribution in [0.25, 0.3) is 0 Å². The van der Waals surface area contributed by atoms with Gasteiger partial charge >= 0.3 is 0 Å². The van der Waals surface area contributed by atoms with E-state index >= 15 is 0 Å². The topological polar surface area (TPSA) is 38.0 Å². The summed E-state index contributed by atoms with van der Waals surface area (Å²) < 4.78 is 0. The van der Waals surface area contributed by atoms with Crippen molar-refractivity contribution >= 4 is 11.3 Å². The van der Waals surface area contributed by atoms with Crippen LogP contribution in [0.3, 0.4) is 0 Å². The number of thiophene rings is 1. The third-order valence-electron chi connectivity index (χ3n) is 2.72. The van der Waals surface area contributed by atoms with Crippen LogP contribution in [0, 0.1) is 0 Å². The Morgan fingerprint density at radius 2 is 2.27 bits per heavy atom. The number of hydrogen-bond acceptors (Lipinski definition) is 3. The quantitative estimate of drug-likeness (QED) is 0.701. The maximum Gasteiger partial charge on any atom is 0.0302 e. The molecule has 0 saturated heterocycles. The summed E-state index contributed by atoms with van der Waals surface area (Å²) in [6.07, 6.45) is 3.28. The fourth-order valence-electron chi connectivity index (χ4n) is 1.53. The monoisotopic (exact) mass is 226 g/mol. The van der Waals surface area contributed by atoms with Crippen LogP contribution < -0.4 is 11.1 Å². The summed E-state index contributed by atoms with van der Waals surface area (Å²) in [6, 6.07) is 2.57. The first-order valence-corrected chi connectivity index (χ1v) is 6.67. The van der Waals surface area contributed by atoms with E-state index in [2.05, 4.69) is 30.6 Å². The van der Waals surface area contributed by atoms with Crippen LogP contribution in [-0.2, 0) is 13.0 Å². The van der Waals surface area contributed by atoms with Gasteiger partial charge in [0.2, 0.25) is 0 Å². The standard InChI is InChI=1S/C12H22N2S/c1-3-10-6-8-15-12(10)9-14-7-5-11(13)4-2/h6,8,11,14H,3-5,7,9,13H2,1-2H3. The molecule has 86 valence electrons. The summed E-state index contributed by atoms with van der Waals surface area (Å²) in [4.78, 5) is 1.47. The number of aryl methyl sites for hydroxylation is 1. The Bertz CT molecular complexity index is 270. The summed E-state index contributed by atoms with van der Waals surface area (Å²) in [6.45, 7) is 6.37. The Morgan fingerprint density at radius 3 is 2.93 bits per heavy atom. The van der Waals surface area contributed by atoms with Crippen molar-refractivity contribution < 1.29 is 0 Å². The van der Waals surface area contributed by atoms with Gasteiger partial charge in [0.25, 0.3) is 0 Å². The number of hydrogen-bond donors (Lipinski definition) is 2. The van der Waals surface area contributed by atoms with E-state index in [1.807, 2.05) is 11.3 Å². The van der Waals surface area contributed by atoms with Crippen LogP contribution in [0.4, 0.5) is 0 Å². The molecule has 1 aromatic heterocycles. The average Bonchev–Trinajstić information content (AvgIpc) is 2.71. The first-order valence-electron chi connectivity index (χ1n) is 5.79. The molecule has 1 rings (SSSR count). The minimum Gasteiger partial charge on any atom is -0.328 e. The molecule has 1 atom stereocenters. The van der Waals surface area contributed by atoms with Crippen molar-refractivity contribution in [2.45, 2.75) is 45.7 Å². The molecule has 0 bridgehead atoms. The fourth-order valence-corrected chi connectivity index (χ4v) is 2.48. The molecule has 0 saturated carbocycles. The zero-order chi connectivity index (χ0) is 11.1. The van der Waals surface area contributed by atoms with Crippen LogP contribution >= 0.6 is 11.3 Å². The van der Waals surface area contributed by atoms with E-state index in [-0.39, 0.29) is 0 Å². The van der Waals surface area contributed by atoms with Gasteiger partial charge in [-0.3, -0.25) is 0 Å². The van der Waals surface area contributed by atoms with Crippen LogP contribution in [0.1, 0.15) is 37.1 Å². The van der Waals surface area contributed by atoms with Crippen molar-refractivity contribution in [1.82, 2.24) is 5.32 Å². The van der Waals surface area contributed by atoms with E-state index in [9.17, 15) is 0 Å². The molecule has 0 spiro atoms. The highest BCUT2D eigenvalue weighted by atomic mass is 32.1. The molecular weight excluding hydrogens is 204 g/mol. The molecule has 1 heterocycles. The van der Waals surface area contributed by atoms with Gasteiger partial charge in [0.05, 0.1) is 0 Å². The van der Waals surface area contributed by atoms with Crippen molar-refractivity contribution in [3.63, 3.8) is 0 Å². The van der Waals surface area contributed by atoms with Crippen molar-refractivity contribution in [2.24, 2.45) is 5.73 Å². The Labute approximate surface area is 96.9 Å². The van der Waals surface area contributed by atoms with Gasteiger partial charge in [-0.25, -0.2) is 0 Å². The smallest absolute Gasteiger partial charge is 0.0302 e. The summed E-state index contributed by atoms with van der Waals surface area (Å²) >= 11 is 1.84. The van der Waals surface area contributed by atoms with Gasteiger partial charge in [-0.15, -0.1) is 11.3 Å². The van der Waals surface area contributed by atoms with E-state index in [1.165, 1.54) is 10.4 Å². The first kappa shape index (κ1) is 12.7. The second-order valence-corrected chi connectivity index (χ2v) is 4.86. The molecule has 1 unspecified atom stereocenters. The molecule has 3 N–H and O–H groups in total. The molecule has 0 aliphatic rings. The summed E-state index contributed by atoms with van der Waals surface area (Å²) in [5, 5.41) is 5.63. The zero-order valence-corrected chi connectivity index (χ0v) is 10.6. The van der Waals surface area contributed by atoms with Gasteiger partial charge in [-0.2, -0.15) is 0 Å². The predicted molar refractivity (Wildman–Crippen MR) is 68.3 cm³/mol. The van der Waals surface area contributed by atoms with Gasteiger partial charge in [-0.1, -0.05) is 13.8 Å². The Balaban J connectivity index is 2.20. The zero-order valence-electron chi connectivity index (χ0n) is 9.75. The van der Waals surface area contributed by atoms with Gasteiger partial charge in [0, 0.05) is 17.5 Å². The minimum atomic E-state index is 0.353. The maximum absolute atomic E-state index is 5.85. The molecule has 1 aromatic rings. The van der Waals surface area contributed by atoms with E-state index < -0.39 is 0 Å². The Kier molecular flexibility index (Phi) is 5.91. The third-order valence-corrected chi connectivity index (χ3v) is 3.68. The van der Waals surface area contributed by atoms with E-state index in [0.29, 0.717) is 6.04 Å². The molecule has 0 radical (unpaired) electrons. The molecule has 0 amide bonds. The van der Waals surface area contributed by atoms with Crippen LogP contribution in [0.5, 0.6) is 0 Å². The molecular formula is C12H22N2S. The summed E-state index contributed by atoms with van der Waals surface area (Å²) in [7, 11) is 0. The lowest BCUT2D eigenvalue weighted by Gasteiger charge is -2.09. The van der Waals surface area contributed by atoms with Crippen molar-refractivity contribution in [3.8, 4) is 0 Å². The normalized spacial score (nSPS) is 13.0. The number of nitrogens with two attached hydrogens (primary N) is 1. The second-order valence-electron chi connectivity index (χ2n) is 3.86. The van der Waals surface area contributed by atoms with Crippen LogP contribution in [-0.4, -0.2) is 12.6 Å². The first-order chi connectivity index (χ1) is 7.27. The molecule has 0 aromatic carbocycles. The van der Waals surface area contributed by atoms with Crippen molar-refractivity contribution in [1.29, 1.82) is 0 Å². The van der Waals surface area contributed by atoms with Gasteiger partial charge < -0.3 is 11.1 Å². The lowest BCUT2D eigenvalue weighted by atomic mass is 10.1. The van der Waals surface area contributed by atoms with Crippen molar-refractivity contribution in [3.05, 3.63) is 21.9 Å². The van der Waals surface area contributed by atoms with Crippen LogP contribution in [0.2, 0.25) is 0 Å². The molecule has 0 aliphatic heterocycles. The van der Waals surface area contributed by atoms with Gasteiger partial charge in [0.15, 0.2) is 0 Å². The lowest BCUT2D eigenvalue weighted by Crippen LogP contribution is -2.25. The third kappa shape index (κ3) is 4.33. The molecule has 2 nitrogen and oxygen atoms in total. The summed E-state index contributed by atoms with van der Waals surface area (Å²) in [5.74, 6) is 0. The highest BCUT2D eigenvalue weighted by Gasteiger charge is 2.02. The largest absolute Gasteiger partial charge is 0.328 e. The highest BCUT2D eigenvalue weighted by molar-refractivity contribution is 7.10. The maximum atomic E-state index is 5.85. The lowest BCUT2D eigenvalue weighted by molar-refractivity contribution is 0.550. The predicted octanol–water partition coefficient (Wildman–Crippen LogP) is 2.53. The minimum absolute atomic E-state index is 0.353. The SMILES string of the molecule is CCc1ccsc1CNCCC(N)CC. The average molecular weight is 226 g/mol. The molecule has 0 aliphatic carbocycles. The Morgan fingerprint density at radius 1 is 1.47 bits per heavy atom. The summed E-state index contributed by atoms with van der Waals surface area (Å²) in [5.41, 5.74) is 7.33. The number of rotatable bonds is 7. The van der Waals surface area contributed by atoms with Crippen LogP contribution in [0.15, 0.2) is 11.4 Å². The fraction of sp³-hybridized carbons (Fsp3) is 0.667. The molecule has 3 heteroatoms. The molecule has 0 fully saturated rings. The second kappa shape index (κ2) is 6.99. The van der Waals surface area contributed by atoms with E-state index in [1.54, 1.807) is 0 Å². The highest BCUT2D eigenvalue weighted by Crippen LogP contribution is 2.16. The van der Waals surface area contributed by atoms with E-state index in [0.717, 1.165) is 32.4 Å². The number of nitrogens with one attached hydrogen (secondary N) is 1. The van der Waals surface area contributed by atoms with Gasteiger partial charge in [-0.05, 0) is 42.8 Å². The Hall–Kier alpha value is -0.380. The molecule has 15 heavy (non-hydrogen) atoms.